The summed E-state index contributed by atoms with van der Waals surface area (Å²) in [4.78, 5) is 11.8. The maximum Gasteiger partial charge on any atom is 0.150 e. The minimum absolute atomic E-state index is 0.384. The van der Waals surface area contributed by atoms with Crippen molar-refractivity contribution >= 4 is 22.6 Å². The largest absolute Gasteiger partial charge is 0.493 e. The summed E-state index contributed by atoms with van der Waals surface area (Å²) in [5.41, 5.74) is 4.89. The van der Waals surface area contributed by atoms with E-state index in [0.29, 0.717) is 32.2 Å². The van der Waals surface area contributed by atoms with E-state index in [0.717, 1.165) is 114 Å². The van der Waals surface area contributed by atoms with Crippen molar-refractivity contribution in [3.8, 4) is 34.4 Å². The average molecular weight is 699 g/mol. The third kappa shape index (κ3) is 10.1. The smallest absolute Gasteiger partial charge is 0.150 e. The first-order chi connectivity index (χ1) is 24.5. The van der Waals surface area contributed by atoms with E-state index in [1.165, 1.54) is 0 Å². The Morgan fingerprint density at radius 3 is 2.20 bits per heavy atom. The molecule has 0 N–H and O–H groups in total. The average Bonchev–Trinajstić information content (AvgIpc) is 3.51. The summed E-state index contributed by atoms with van der Waals surface area (Å²) >= 11 is 6.08. The molecule has 0 saturated heterocycles. The van der Waals surface area contributed by atoms with Crippen molar-refractivity contribution in [1.29, 1.82) is 0 Å². The molecule has 3 aromatic carbocycles. The third-order valence-electron chi connectivity index (χ3n) is 8.68. The van der Waals surface area contributed by atoms with E-state index in [2.05, 4.69) is 54.3 Å². The molecule has 0 aliphatic carbocycles. The SMILES string of the molecule is CCCCn1c(-c2ccc(OCCc3ccc(Cl)cc3)cc2OCc2ccncc2)nc2c(OCCC)cc(OCCCN(CC)CC)cc21. The molecule has 5 aromatic rings. The summed E-state index contributed by atoms with van der Waals surface area (Å²) in [5.74, 6) is 3.79. The van der Waals surface area contributed by atoms with E-state index in [1.54, 1.807) is 12.4 Å². The number of hydrogen-bond acceptors (Lipinski definition) is 7. The van der Waals surface area contributed by atoms with Crippen LogP contribution in [0.5, 0.6) is 23.0 Å². The highest BCUT2D eigenvalue weighted by Gasteiger charge is 2.21. The summed E-state index contributed by atoms with van der Waals surface area (Å²) < 4.78 is 27.7. The number of nitrogens with zero attached hydrogens (tertiary/aromatic N) is 4. The molecular formula is C41H51ClN4O4. The van der Waals surface area contributed by atoms with Crippen molar-refractivity contribution in [3.05, 3.63) is 95.3 Å². The van der Waals surface area contributed by atoms with Crippen molar-refractivity contribution < 1.29 is 18.9 Å². The molecule has 2 heterocycles. The number of rotatable bonds is 21. The second-order valence-corrected chi connectivity index (χ2v) is 12.8. The molecule has 50 heavy (non-hydrogen) atoms. The maximum absolute atomic E-state index is 6.54. The quantitative estimate of drug-likeness (QED) is 0.0707. The van der Waals surface area contributed by atoms with Gasteiger partial charge in [-0.25, -0.2) is 4.98 Å². The number of imidazole rings is 1. The highest BCUT2D eigenvalue weighted by Crippen LogP contribution is 2.39. The Bertz CT molecular complexity index is 1760. The zero-order valence-corrected chi connectivity index (χ0v) is 30.8. The summed E-state index contributed by atoms with van der Waals surface area (Å²) in [6, 6.07) is 21.9. The van der Waals surface area contributed by atoms with Crippen molar-refractivity contribution in [3.63, 3.8) is 0 Å². The highest BCUT2D eigenvalue weighted by molar-refractivity contribution is 6.30. The van der Waals surface area contributed by atoms with Crippen LogP contribution in [0.25, 0.3) is 22.4 Å². The molecule has 0 spiro atoms. The summed E-state index contributed by atoms with van der Waals surface area (Å²) in [6.07, 6.45) is 8.22. The van der Waals surface area contributed by atoms with Crippen LogP contribution >= 0.6 is 11.6 Å². The second-order valence-electron chi connectivity index (χ2n) is 12.3. The fourth-order valence-electron chi connectivity index (χ4n) is 5.81. The van der Waals surface area contributed by atoms with E-state index >= 15 is 0 Å². The number of fused-ring (bicyclic) bond motifs is 1. The number of benzene rings is 3. The van der Waals surface area contributed by atoms with Gasteiger partial charge in [-0.2, -0.15) is 0 Å². The third-order valence-corrected chi connectivity index (χ3v) is 8.93. The fraction of sp³-hybridized carbons (Fsp3) is 0.415. The molecule has 9 heteroatoms. The van der Waals surface area contributed by atoms with E-state index in [4.69, 9.17) is 35.5 Å². The molecule has 0 aliphatic heterocycles. The number of pyridine rings is 1. The van der Waals surface area contributed by atoms with Gasteiger partial charge in [0.1, 0.15) is 35.2 Å². The molecule has 0 bridgehead atoms. The Hall–Kier alpha value is -4.27. The Kier molecular flexibility index (Phi) is 14.2. The molecule has 0 saturated carbocycles. The first-order valence-electron chi connectivity index (χ1n) is 18.1. The van der Waals surface area contributed by atoms with Crippen molar-refractivity contribution in [2.75, 3.05) is 39.5 Å². The number of ether oxygens (including phenoxy) is 4. The van der Waals surface area contributed by atoms with Gasteiger partial charge >= 0.3 is 0 Å². The predicted octanol–water partition coefficient (Wildman–Crippen LogP) is 9.65. The lowest BCUT2D eigenvalue weighted by Gasteiger charge is -2.18. The molecular weight excluding hydrogens is 648 g/mol. The van der Waals surface area contributed by atoms with Crippen LogP contribution in [0.1, 0.15) is 64.5 Å². The zero-order chi connectivity index (χ0) is 35.1. The van der Waals surface area contributed by atoms with Crippen LogP contribution in [0.3, 0.4) is 0 Å². The molecule has 0 radical (unpaired) electrons. The van der Waals surface area contributed by atoms with Crippen LogP contribution in [-0.4, -0.2) is 58.9 Å². The van der Waals surface area contributed by atoms with Gasteiger partial charge in [0, 0.05) is 55.1 Å². The predicted molar refractivity (Wildman–Crippen MR) is 203 cm³/mol. The standard InChI is InChI=1S/C41H51ClN4O4/c1-5-9-23-46-37-27-35(47-25-10-22-45(7-3)8-4)29-39(49-24-6-2)40(37)44-41(46)36-16-15-34(48-26-19-31-11-13-33(42)14-12-31)28-38(36)50-30-32-17-20-43-21-18-32/h11-18,20-21,27-29H,5-10,19,22-26,30H2,1-4H3. The summed E-state index contributed by atoms with van der Waals surface area (Å²) in [6.45, 7) is 14.7. The molecule has 2 aromatic heterocycles. The van der Waals surface area contributed by atoms with Gasteiger partial charge in [0.15, 0.2) is 5.75 Å². The van der Waals surface area contributed by atoms with Crippen LogP contribution < -0.4 is 18.9 Å². The minimum atomic E-state index is 0.384. The molecule has 0 aliphatic rings. The lowest BCUT2D eigenvalue weighted by Crippen LogP contribution is -2.25. The van der Waals surface area contributed by atoms with Gasteiger partial charge in [0.25, 0.3) is 0 Å². The molecule has 0 fully saturated rings. The normalized spacial score (nSPS) is 11.3. The van der Waals surface area contributed by atoms with Crippen LogP contribution in [0.4, 0.5) is 0 Å². The first-order valence-corrected chi connectivity index (χ1v) is 18.5. The van der Waals surface area contributed by atoms with Crippen LogP contribution in [0, 0.1) is 0 Å². The monoisotopic (exact) mass is 698 g/mol. The number of halogens is 1. The Morgan fingerprint density at radius 2 is 1.46 bits per heavy atom. The van der Waals surface area contributed by atoms with Crippen molar-refractivity contribution in [1.82, 2.24) is 19.4 Å². The van der Waals surface area contributed by atoms with Crippen molar-refractivity contribution in [2.45, 2.75) is 73.0 Å². The molecule has 0 amide bonds. The number of hydrogen-bond donors (Lipinski definition) is 0. The molecule has 266 valence electrons. The lowest BCUT2D eigenvalue weighted by molar-refractivity contribution is 0.248. The maximum atomic E-state index is 6.54. The van der Waals surface area contributed by atoms with E-state index in [9.17, 15) is 0 Å². The fourth-order valence-corrected chi connectivity index (χ4v) is 5.94. The molecule has 0 unspecified atom stereocenters. The number of unbranched alkanes of at least 4 members (excludes halogenated alkanes) is 1. The zero-order valence-electron chi connectivity index (χ0n) is 30.0. The van der Waals surface area contributed by atoms with Gasteiger partial charge in [0.05, 0.1) is 30.9 Å². The lowest BCUT2D eigenvalue weighted by atomic mass is 10.1. The van der Waals surface area contributed by atoms with Crippen LogP contribution in [0.2, 0.25) is 5.02 Å². The second kappa shape index (κ2) is 19.2. The van der Waals surface area contributed by atoms with Gasteiger partial charge in [-0.15, -0.1) is 0 Å². The van der Waals surface area contributed by atoms with E-state index in [1.807, 2.05) is 54.6 Å². The summed E-state index contributed by atoms with van der Waals surface area (Å²) in [5, 5.41) is 0.727. The number of aryl methyl sites for hydroxylation is 1. The summed E-state index contributed by atoms with van der Waals surface area (Å²) in [7, 11) is 0. The number of aromatic nitrogens is 3. The minimum Gasteiger partial charge on any atom is -0.493 e. The van der Waals surface area contributed by atoms with Crippen LogP contribution in [0.15, 0.2) is 79.1 Å². The van der Waals surface area contributed by atoms with E-state index < -0.39 is 0 Å². The van der Waals surface area contributed by atoms with E-state index in [-0.39, 0.29) is 0 Å². The Morgan fingerprint density at radius 1 is 0.700 bits per heavy atom. The molecule has 8 nitrogen and oxygen atoms in total. The Balaban J connectivity index is 1.50. The van der Waals surface area contributed by atoms with Gasteiger partial charge in [-0.3, -0.25) is 4.98 Å². The van der Waals surface area contributed by atoms with Gasteiger partial charge < -0.3 is 28.4 Å². The molecule has 5 rings (SSSR count). The van der Waals surface area contributed by atoms with Crippen LogP contribution in [-0.2, 0) is 19.6 Å². The first kappa shape index (κ1) is 37.0. The van der Waals surface area contributed by atoms with Gasteiger partial charge in [-0.05, 0) is 79.9 Å². The van der Waals surface area contributed by atoms with Gasteiger partial charge in [0.2, 0.25) is 0 Å². The van der Waals surface area contributed by atoms with Crippen molar-refractivity contribution in [2.24, 2.45) is 0 Å². The topological polar surface area (TPSA) is 70.9 Å². The highest BCUT2D eigenvalue weighted by atomic mass is 35.5. The molecule has 0 atom stereocenters. The Labute approximate surface area is 302 Å². The van der Waals surface area contributed by atoms with Gasteiger partial charge in [-0.1, -0.05) is 57.8 Å².